The second kappa shape index (κ2) is 6.05. The average molecular weight is 239 g/mol. The Bertz CT molecular complexity index is 359. The van der Waals surface area contributed by atoms with Crippen LogP contribution >= 0.6 is 0 Å². The molecule has 1 atom stereocenters. The molecule has 0 spiro atoms. The summed E-state index contributed by atoms with van der Waals surface area (Å²) in [7, 11) is 1.93. The molecule has 0 bridgehead atoms. The van der Waals surface area contributed by atoms with Crippen molar-refractivity contribution in [3.8, 4) is 0 Å². The van der Waals surface area contributed by atoms with Gasteiger partial charge in [0.15, 0.2) is 0 Å². The quantitative estimate of drug-likeness (QED) is 0.836. The van der Waals surface area contributed by atoms with Gasteiger partial charge in [-0.3, -0.25) is 9.88 Å². The Morgan fingerprint density at radius 3 is 3.24 bits per heavy atom. The second-order valence-corrected chi connectivity index (χ2v) is 4.27. The third-order valence-electron chi connectivity index (χ3n) is 2.94. The van der Waals surface area contributed by atoms with Crippen molar-refractivity contribution in [3.05, 3.63) is 29.8 Å². The standard InChI is InChI=1S/C12H18FN3O/c1-14-7-12-9-17-3-2-16(12)8-10-4-11(13)6-15-5-10/h4-6,12,14H,2-3,7-9H2,1H3. The monoisotopic (exact) mass is 239 g/mol. The first kappa shape index (κ1) is 12.4. The van der Waals surface area contributed by atoms with E-state index in [1.807, 2.05) is 7.05 Å². The number of rotatable bonds is 4. The zero-order valence-corrected chi connectivity index (χ0v) is 10.0. The van der Waals surface area contributed by atoms with E-state index in [9.17, 15) is 4.39 Å². The van der Waals surface area contributed by atoms with Crippen molar-refractivity contribution >= 4 is 0 Å². The van der Waals surface area contributed by atoms with Crippen molar-refractivity contribution in [1.82, 2.24) is 15.2 Å². The molecule has 0 aromatic carbocycles. The number of nitrogens with one attached hydrogen (secondary N) is 1. The lowest BCUT2D eigenvalue weighted by Gasteiger charge is -2.35. The number of hydrogen-bond donors (Lipinski definition) is 1. The molecule has 1 unspecified atom stereocenters. The van der Waals surface area contributed by atoms with Crippen molar-refractivity contribution in [2.24, 2.45) is 0 Å². The maximum absolute atomic E-state index is 13.0. The van der Waals surface area contributed by atoms with E-state index in [0.717, 1.165) is 38.4 Å². The number of hydrogen-bond acceptors (Lipinski definition) is 4. The summed E-state index contributed by atoms with van der Waals surface area (Å²) in [6, 6.07) is 1.89. The van der Waals surface area contributed by atoms with E-state index in [-0.39, 0.29) is 5.82 Å². The van der Waals surface area contributed by atoms with Crippen molar-refractivity contribution in [2.45, 2.75) is 12.6 Å². The average Bonchev–Trinajstić information content (AvgIpc) is 2.32. The van der Waals surface area contributed by atoms with Crippen molar-refractivity contribution in [1.29, 1.82) is 0 Å². The number of halogens is 1. The Morgan fingerprint density at radius 1 is 1.59 bits per heavy atom. The molecule has 94 valence electrons. The predicted molar refractivity (Wildman–Crippen MR) is 63.1 cm³/mol. The summed E-state index contributed by atoms with van der Waals surface area (Å²) in [6.07, 6.45) is 2.95. The SMILES string of the molecule is CNCC1COCCN1Cc1cncc(F)c1. The molecule has 1 aromatic heterocycles. The summed E-state index contributed by atoms with van der Waals surface area (Å²) in [5.41, 5.74) is 0.910. The molecule has 2 rings (SSSR count). The number of morpholine rings is 1. The lowest BCUT2D eigenvalue weighted by atomic mass is 10.2. The first-order chi connectivity index (χ1) is 8.29. The summed E-state index contributed by atoms with van der Waals surface area (Å²) >= 11 is 0. The van der Waals surface area contributed by atoms with Gasteiger partial charge in [-0.05, 0) is 18.7 Å². The molecule has 0 saturated carbocycles. The summed E-state index contributed by atoms with van der Waals surface area (Å²) in [6.45, 7) is 3.94. The maximum atomic E-state index is 13.0. The second-order valence-electron chi connectivity index (χ2n) is 4.27. The van der Waals surface area contributed by atoms with E-state index in [1.54, 1.807) is 12.3 Å². The highest BCUT2D eigenvalue weighted by Gasteiger charge is 2.22. The number of aromatic nitrogens is 1. The highest BCUT2D eigenvalue weighted by atomic mass is 19.1. The minimum Gasteiger partial charge on any atom is -0.378 e. The fourth-order valence-electron chi connectivity index (χ4n) is 2.10. The van der Waals surface area contributed by atoms with Crippen LogP contribution in [0.4, 0.5) is 4.39 Å². The van der Waals surface area contributed by atoms with E-state index in [2.05, 4.69) is 15.2 Å². The van der Waals surface area contributed by atoms with Gasteiger partial charge in [0.2, 0.25) is 0 Å². The fourth-order valence-corrected chi connectivity index (χ4v) is 2.10. The summed E-state index contributed by atoms with van der Waals surface area (Å²) in [4.78, 5) is 6.17. The van der Waals surface area contributed by atoms with Gasteiger partial charge in [0, 0.05) is 31.9 Å². The normalized spacial score (nSPS) is 21.6. The van der Waals surface area contributed by atoms with Crippen LogP contribution in [0.15, 0.2) is 18.5 Å². The Balaban J connectivity index is 2.00. The van der Waals surface area contributed by atoms with Gasteiger partial charge in [-0.1, -0.05) is 0 Å². The van der Waals surface area contributed by atoms with Crippen molar-refractivity contribution < 1.29 is 9.13 Å². The van der Waals surface area contributed by atoms with Gasteiger partial charge in [0.25, 0.3) is 0 Å². The van der Waals surface area contributed by atoms with Crippen LogP contribution in [0.3, 0.4) is 0 Å². The van der Waals surface area contributed by atoms with Crippen LogP contribution in [0.25, 0.3) is 0 Å². The van der Waals surface area contributed by atoms with Crippen LogP contribution in [0.5, 0.6) is 0 Å². The van der Waals surface area contributed by atoms with E-state index < -0.39 is 0 Å². The Hall–Kier alpha value is -1.04. The number of pyridine rings is 1. The molecule has 1 aromatic rings. The van der Waals surface area contributed by atoms with E-state index in [1.165, 1.54) is 6.20 Å². The van der Waals surface area contributed by atoms with Crippen LogP contribution in [0, 0.1) is 5.82 Å². The number of likely N-dealkylation sites (N-methyl/N-ethyl adjacent to an activating group) is 1. The molecule has 1 aliphatic rings. The molecular formula is C12H18FN3O. The smallest absolute Gasteiger partial charge is 0.141 e. The van der Waals surface area contributed by atoms with Gasteiger partial charge in [-0.25, -0.2) is 4.39 Å². The lowest BCUT2D eigenvalue weighted by molar-refractivity contribution is -0.0104. The molecule has 17 heavy (non-hydrogen) atoms. The summed E-state index contributed by atoms with van der Waals surface area (Å²) in [5, 5.41) is 3.15. The molecule has 2 heterocycles. The molecule has 1 saturated heterocycles. The van der Waals surface area contributed by atoms with Gasteiger partial charge in [-0.15, -0.1) is 0 Å². The van der Waals surface area contributed by atoms with Crippen LogP contribution < -0.4 is 5.32 Å². The molecule has 0 aliphatic carbocycles. The Morgan fingerprint density at radius 2 is 2.47 bits per heavy atom. The first-order valence-corrected chi connectivity index (χ1v) is 5.85. The van der Waals surface area contributed by atoms with E-state index in [0.29, 0.717) is 6.04 Å². The topological polar surface area (TPSA) is 37.4 Å². The van der Waals surface area contributed by atoms with Gasteiger partial charge >= 0.3 is 0 Å². The Labute approximate surface area is 101 Å². The first-order valence-electron chi connectivity index (χ1n) is 5.85. The highest BCUT2D eigenvalue weighted by molar-refractivity contribution is 5.10. The van der Waals surface area contributed by atoms with Crippen LogP contribution in [0.2, 0.25) is 0 Å². The zero-order valence-electron chi connectivity index (χ0n) is 10.0. The van der Waals surface area contributed by atoms with Gasteiger partial charge in [-0.2, -0.15) is 0 Å². The van der Waals surface area contributed by atoms with Crippen LogP contribution in [-0.4, -0.2) is 49.3 Å². The van der Waals surface area contributed by atoms with E-state index in [4.69, 9.17) is 4.74 Å². The van der Waals surface area contributed by atoms with Crippen LogP contribution in [0.1, 0.15) is 5.56 Å². The minimum absolute atomic E-state index is 0.277. The van der Waals surface area contributed by atoms with Crippen molar-refractivity contribution in [2.75, 3.05) is 33.4 Å². The largest absolute Gasteiger partial charge is 0.378 e. The molecule has 1 fully saturated rings. The zero-order chi connectivity index (χ0) is 12.1. The molecule has 1 aliphatic heterocycles. The maximum Gasteiger partial charge on any atom is 0.141 e. The molecule has 1 N–H and O–H groups in total. The molecule has 5 heteroatoms. The fraction of sp³-hybridized carbons (Fsp3) is 0.583. The lowest BCUT2D eigenvalue weighted by Crippen LogP contribution is -2.49. The van der Waals surface area contributed by atoms with Crippen molar-refractivity contribution in [3.63, 3.8) is 0 Å². The minimum atomic E-state index is -0.277. The molecule has 0 radical (unpaired) electrons. The van der Waals surface area contributed by atoms with Crippen LogP contribution in [-0.2, 0) is 11.3 Å². The molecule has 0 amide bonds. The summed E-state index contributed by atoms with van der Waals surface area (Å²) in [5.74, 6) is -0.277. The predicted octanol–water partition coefficient (Wildman–Crippen LogP) is 0.641. The molecule has 4 nitrogen and oxygen atoms in total. The third kappa shape index (κ3) is 3.46. The number of ether oxygens (including phenoxy) is 1. The molecular weight excluding hydrogens is 221 g/mol. The highest BCUT2D eigenvalue weighted by Crippen LogP contribution is 2.12. The Kier molecular flexibility index (Phi) is 4.42. The van der Waals surface area contributed by atoms with Gasteiger partial charge < -0.3 is 10.1 Å². The van der Waals surface area contributed by atoms with Gasteiger partial charge in [0.05, 0.1) is 19.4 Å². The third-order valence-corrected chi connectivity index (χ3v) is 2.94. The number of nitrogens with zero attached hydrogens (tertiary/aromatic N) is 2. The summed E-state index contributed by atoms with van der Waals surface area (Å²) < 4.78 is 18.5. The van der Waals surface area contributed by atoms with Gasteiger partial charge in [0.1, 0.15) is 5.82 Å². The van der Waals surface area contributed by atoms with E-state index >= 15 is 0 Å².